The van der Waals surface area contributed by atoms with Crippen LogP contribution in [-0.4, -0.2) is 36.3 Å². The van der Waals surface area contributed by atoms with Crippen LogP contribution in [0.25, 0.3) is 0 Å². The predicted molar refractivity (Wildman–Crippen MR) is 67.0 cm³/mol. The van der Waals surface area contributed by atoms with Crippen molar-refractivity contribution in [1.82, 2.24) is 5.32 Å². The normalized spacial score (nSPS) is 14.4. The Morgan fingerprint density at radius 2 is 2.11 bits per heavy atom. The first-order valence-corrected chi connectivity index (χ1v) is 6.96. The van der Waals surface area contributed by atoms with Gasteiger partial charge in [0, 0.05) is 23.8 Å². The van der Waals surface area contributed by atoms with E-state index >= 15 is 0 Å². The summed E-state index contributed by atoms with van der Waals surface area (Å²) in [5, 5.41) is 3.12. The third kappa shape index (κ3) is 4.44. The molecule has 0 aliphatic heterocycles. The number of halogens is 2. The van der Waals surface area contributed by atoms with Crippen molar-refractivity contribution in [3.63, 3.8) is 0 Å². The van der Waals surface area contributed by atoms with Crippen LogP contribution in [0.5, 0.6) is 0 Å². The van der Waals surface area contributed by atoms with Crippen molar-refractivity contribution in [2.45, 2.75) is 17.9 Å². The molecular weight excluding hydrogens is 260 g/mol. The lowest BCUT2D eigenvalue weighted by Crippen LogP contribution is -2.37. The third-order valence-corrected chi connectivity index (χ3v) is 3.85. The van der Waals surface area contributed by atoms with Crippen LogP contribution in [0.15, 0.2) is 23.1 Å². The number of hydrogen-bond acceptors (Lipinski definition) is 3. The Morgan fingerprint density at radius 1 is 1.39 bits per heavy atom. The highest BCUT2D eigenvalue weighted by molar-refractivity contribution is 7.85. The molecule has 2 atom stereocenters. The van der Waals surface area contributed by atoms with Crippen LogP contribution in [0.3, 0.4) is 0 Å². The summed E-state index contributed by atoms with van der Waals surface area (Å²) in [6.45, 7) is 3.08. The Morgan fingerprint density at radius 3 is 2.67 bits per heavy atom. The number of methoxy groups -OCH3 is 1. The van der Waals surface area contributed by atoms with E-state index in [2.05, 4.69) is 5.32 Å². The molecule has 1 aromatic rings. The Balaban J connectivity index is 2.70. The average molecular weight is 277 g/mol. The quantitative estimate of drug-likeness (QED) is 0.824. The molecule has 6 heteroatoms. The van der Waals surface area contributed by atoms with Crippen LogP contribution in [-0.2, 0) is 15.5 Å². The summed E-state index contributed by atoms with van der Waals surface area (Å²) >= 11 is 0. The van der Waals surface area contributed by atoms with Crippen molar-refractivity contribution in [3.05, 3.63) is 29.8 Å². The lowest BCUT2D eigenvalue weighted by atomic mass is 10.3. The van der Waals surface area contributed by atoms with Gasteiger partial charge in [0.25, 0.3) is 0 Å². The van der Waals surface area contributed by atoms with Crippen molar-refractivity contribution in [1.29, 1.82) is 0 Å². The van der Waals surface area contributed by atoms with Gasteiger partial charge in [-0.1, -0.05) is 6.92 Å². The van der Waals surface area contributed by atoms with Crippen LogP contribution in [0.1, 0.15) is 6.92 Å². The van der Waals surface area contributed by atoms with Gasteiger partial charge in [-0.15, -0.1) is 0 Å². The molecule has 0 amide bonds. The summed E-state index contributed by atoms with van der Waals surface area (Å²) in [7, 11) is 0.176. The minimum absolute atomic E-state index is 0.0750. The standard InChI is InChI=1S/C12H17F2NO2S/c1-3-15-9(7-17-2)8-18(16)10-4-5-11(13)12(14)6-10/h4-6,9,15H,3,7-8H2,1-2H3. The van der Waals surface area contributed by atoms with E-state index in [0.29, 0.717) is 12.4 Å². The van der Waals surface area contributed by atoms with Gasteiger partial charge in [0.15, 0.2) is 11.6 Å². The fourth-order valence-corrected chi connectivity index (χ4v) is 2.78. The SMILES string of the molecule is CCNC(COC)CS(=O)c1ccc(F)c(F)c1. The molecule has 0 fully saturated rings. The van der Waals surface area contributed by atoms with Gasteiger partial charge in [-0.3, -0.25) is 4.21 Å². The molecule has 1 N–H and O–H groups in total. The van der Waals surface area contributed by atoms with Crippen LogP contribution in [0.4, 0.5) is 8.78 Å². The molecule has 18 heavy (non-hydrogen) atoms. The monoisotopic (exact) mass is 277 g/mol. The maximum atomic E-state index is 13.0. The third-order valence-electron chi connectivity index (χ3n) is 2.37. The highest BCUT2D eigenvalue weighted by atomic mass is 32.2. The van der Waals surface area contributed by atoms with Crippen molar-refractivity contribution in [3.8, 4) is 0 Å². The van der Waals surface area contributed by atoms with Gasteiger partial charge in [0.05, 0.1) is 17.4 Å². The number of hydrogen-bond donors (Lipinski definition) is 1. The minimum Gasteiger partial charge on any atom is -0.383 e. The fourth-order valence-electron chi connectivity index (χ4n) is 1.55. The zero-order chi connectivity index (χ0) is 13.5. The second kappa shape index (κ2) is 7.56. The van der Waals surface area contributed by atoms with Crippen LogP contribution >= 0.6 is 0 Å². The minimum atomic E-state index is -1.38. The summed E-state index contributed by atoms with van der Waals surface area (Å²) in [4.78, 5) is 0.285. The highest BCUT2D eigenvalue weighted by Crippen LogP contribution is 2.13. The topological polar surface area (TPSA) is 38.3 Å². The number of likely N-dealkylation sites (N-methyl/N-ethyl adjacent to an activating group) is 1. The summed E-state index contributed by atoms with van der Waals surface area (Å²) in [6.07, 6.45) is 0. The molecule has 0 spiro atoms. The number of benzene rings is 1. The first kappa shape index (κ1) is 15.2. The van der Waals surface area contributed by atoms with E-state index in [0.717, 1.165) is 18.7 Å². The number of ether oxygens (including phenoxy) is 1. The van der Waals surface area contributed by atoms with E-state index in [1.54, 1.807) is 7.11 Å². The molecule has 3 nitrogen and oxygen atoms in total. The van der Waals surface area contributed by atoms with E-state index in [1.807, 2.05) is 6.92 Å². The molecule has 102 valence electrons. The van der Waals surface area contributed by atoms with Crippen molar-refractivity contribution in [2.75, 3.05) is 26.0 Å². The van der Waals surface area contributed by atoms with Crippen molar-refractivity contribution < 1.29 is 17.7 Å². The molecule has 2 unspecified atom stereocenters. The number of rotatable bonds is 7. The van der Waals surface area contributed by atoms with E-state index in [9.17, 15) is 13.0 Å². The molecule has 1 aromatic carbocycles. The molecular formula is C12H17F2NO2S. The summed E-state index contributed by atoms with van der Waals surface area (Å²) < 4.78 is 42.8. The highest BCUT2D eigenvalue weighted by Gasteiger charge is 2.14. The molecule has 0 aromatic heterocycles. The van der Waals surface area contributed by atoms with Crippen LogP contribution in [0, 0.1) is 11.6 Å². The molecule has 1 rings (SSSR count). The zero-order valence-corrected chi connectivity index (χ0v) is 11.2. The van der Waals surface area contributed by atoms with Gasteiger partial charge < -0.3 is 10.1 Å². The first-order chi connectivity index (χ1) is 8.58. The smallest absolute Gasteiger partial charge is 0.160 e. The van der Waals surface area contributed by atoms with Gasteiger partial charge in [0.1, 0.15) is 0 Å². The van der Waals surface area contributed by atoms with E-state index in [1.165, 1.54) is 6.07 Å². The van der Waals surface area contributed by atoms with E-state index in [4.69, 9.17) is 4.74 Å². The maximum Gasteiger partial charge on any atom is 0.160 e. The van der Waals surface area contributed by atoms with E-state index in [-0.39, 0.29) is 10.9 Å². The average Bonchev–Trinajstić information content (AvgIpc) is 2.33. The first-order valence-electron chi connectivity index (χ1n) is 5.64. The number of nitrogens with one attached hydrogen (secondary N) is 1. The maximum absolute atomic E-state index is 13.0. The van der Waals surface area contributed by atoms with Crippen LogP contribution in [0.2, 0.25) is 0 Å². The van der Waals surface area contributed by atoms with Gasteiger partial charge in [0.2, 0.25) is 0 Å². The second-order valence-electron chi connectivity index (χ2n) is 3.80. The predicted octanol–water partition coefficient (Wildman–Crippen LogP) is 1.70. The molecule has 0 saturated heterocycles. The largest absolute Gasteiger partial charge is 0.383 e. The fraction of sp³-hybridized carbons (Fsp3) is 0.500. The Kier molecular flexibility index (Phi) is 6.38. The van der Waals surface area contributed by atoms with Gasteiger partial charge in [-0.25, -0.2) is 8.78 Å². The summed E-state index contributed by atoms with van der Waals surface area (Å²) in [5.41, 5.74) is 0. The van der Waals surface area contributed by atoms with Gasteiger partial charge in [-0.05, 0) is 24.7 Å². The zero-order valence-electron chi connectivity index (χ0n) is 10.4. The van der Waals surface area contributed by atoms with Gasteiger partial charge >= 0.3 is 0 Å². The lowest BCUT2D eigenvalue weighted by Gasteiger charge is -2.16. The van der Waals surface area contributed by atoms with Gasteiger partial charge in [-0.2, -0.15) is 0 Å². The van der Waals surface area contributed by atoms with Crippen molar-refractivity contribution >= 4 is 10.8 Å². The van der Waals surface area contributed by atoms with Crippen molar-refractivity contribution in [2.24, 2.45) is 0 Å². The van der Waals surface area contributed by atoms with E-state index < -0.39 is 22.4 Å². The Hall–Kier alpha value is -0.850. The summed E-state index contributed by atoms with van der Waals surface area (Å²) in [6, 6.07) is 3.22. The Labute approximate surface area is 108 Å². The lowest BCUT2D eigenvalue weighted by molar-refractivity contribution is 0.174. The molecule has 0 saturated carbocycles. The molecule has 0 bridgehead atoms. The molecule has 0 heterocycles. The molecule has 0 radical (unpaired) electrons. The molecule has 0 aliphatic rings. The molecule has 0 aliphatic carbocycles. The van der Waals surface area contributed by atoms with Crippen LogP contribution < -0.4 is 5.32 Å². The summed E-state index contributed by atoms with van der Waals surface area (Å²) in [5.74, 6) is -1.62. The Bertz CT molecular complexity index is 409. The second-order valence-corrected chi connectivity index (χ2v) is 5.29.